The molecule has 0 aliphatic rings. The normalized spacial score (nSPS) is 11.5. The molecule has 0 atom stereocenters. The van der Waals surface area contributed by atoms with Crippen molar-refractivity contribution in [2.24, 2.45) is 10.2 Å². The van der Waals surface area contributed by atoms with Crippen molar-refractivity contribution in [1.29, 1.82) is 0 Å². The van der Waals surface area contributed by atoms with Gasteiger partial charge in [0.05, 0.1) is 26.9 Å². The molecule has 0 unspecified atom stereocenters. The second kappa shape index (κ2) is 8.87. The predicted molar refractivity (Wildman–Crippen MR) is 99.7 cm³/mol. The molecule has 2 radical (unpaired) electrons. The van der Waals surface area contributed by atoms with E-state index in [1.165, 1.54) is 12.1 Å². The number of carboxylic acid groups (broad SMARTS) is 1. The largest absolute Gasteiger partial charge is 0.870 e. The summed E-state index contributed by atoms with van der Waals surface area (Å²) in [6.07, 6.45) is 0. The van der Waals surface area contributed by atoms with E-state index >= 15 is 0 Å². The average molecular weight is 492 g/mol. The topological polar surface area (TPSA) is 142 Å². The van der Waals surface area contributed by atoms with Gasteiger partial charge in [0.2, 0.25) is 0 Å². The van der Waals surface area contributed by atoms with E-state index in [1.807, 2.05) is 0 Å². The molecule has 1 N–H and O–H groups in total. The molecule has 0 aliphatic heterocycles. The number of hydrogen-bond donors (Lipinski definition) is 1. The van der Waals surface area contributed by atoms with Crippen molar-refractivity contribution in [1.82, 2.24) is 0 Å². The van der Waals surface area contributed by atoms with Crippen LogP contribution < -0.4 is 5.11 Å². The van der Waals surface area contributed by atoms with Crippen LogP contribution in [0.1, 0.15) is 10.4 Å². The van der Waals surface area contributed by atoms with Gasteiger partial charge in [-0.1, -0.05) is 41.6 Å². The zero-order chi connectivity index (χ0) is 19.8. The van der Waals surface area contributed by atoms with Crippen molar-refractivity contribution in [3.05, 3.63) is 59.1 Å². The number of benzene rings is 3. The molecule has 0 saturated heterocycles. The molecule has 0 amide bonds. The number of carbonyl (C=O) groups is 1. The Hall–Kier alpha value is -1.53. The predicted octanol–water partition coefficient (Wildman–Crippen LogP) is 3.20. The number of halogens is 1. The third-order valence-corrected chi connectivity index (χ3v) is 4.97. The van der Waals surface area contributed by atoms with Gasteiger partial charge in [-0.25, -0.2) is 13.2 Å². The Bertz CT molecular complexity index is 1210. The quantitative estimate of drug-likeness (QED) is 0.337. The minimum Gasteiger partial charge on any atom is -0.870 e. The van der Waals surface area contributed by atoms with Crippen molar-refractivity contribution in [2.45, 2.75) is 4.90 Å². The van der Waals surface area contributed by atoms with Crippen LogP contribution in [-0.4, -0.2) is 69.5 Å². The molecule has 11 heteroatoms. The van der Waals surface area contributed by atoms with E-state index in [0.717, 1.165) is 12.1 Å². The number of carboxylic acids is 1. The van der Waals surface area contributed by atoms with Crippen LogP contribution in [0.5, 0.6) is 5.75 Å². The Morgan fingerprint density at radius 1 is 1.07 bits per heavy atom. The first kappa shape index (κ1) is 22.8. The van der Waals surface area contributed by atoms with E-state index in [9.17, 15) is 28.0 Å². The summed E-state index contributed by atoms with van der Waals surface area (Å²) in [5.41, 5.74) is -0.730. The molecule has 28 heavy (non-hydrogen) atoms. The van der Waals surface area contributed by atoms with Gasteiger partial charge < -0.3 is 14.8 Å². The van der Waals surface area contributed by atoms with E-state index in [2.05, 4.69) is 10.2 Å². The Morgan fingerprint density at radius 2 is 1.75 bits per heavy atom. The van der Waals surface area contributed by atoms with Crippen molar-refractivity contribution in [3.63, 3.8) is 0 Å². The standard InChI is InChI=1S/C17H11ClN2O6S.Sr/c18-13-6-5-10(8-14(13)27(24,25)26)19-20-15-11-4-2-1-3-9(11)7-12(16(15)21)17(22)23;/h1-8,21H,(H,22,23)(H,24,25,26);/p-2. The van der Waals surface area contributed by atoms with Crippen LogP contribution in [0.15, 0.2) is 63.7 Å². The summed E-state index contributed by atoms with van der Waals surface area (Å²) in [6.45, 7) is 0. The first-order valence-electron chi connectivity index (χ1n) is 7.31. The van der Waals surface area contributed by atoms with Crippen LogP contribution in [0.25, 0.3) is 10.8 Å². The van der Waals surface area contributed by atoms with Crippen LogP contribution in [-0.2, 0) is 10.1 Å². The summed E-state index contributed by atoms with van der Waals surface area (Å²) in [6, 6.07) is 11.1. The van der Waals surface area contributed by atoms with Crippen molar-refractivity contribution >= 4 is 95.3 Å². The van der Waals surface area contributed by atoms with E-state index in [4.69, 9.17) is 11.6 Å². The number of azo groups is 1. The minimum atomic E-state index is -4.82. The number of rotatable bonds is 4. The maximum atomic E-state index is 12.4. The molecular formula is C17H9ClN2O6SSr-2. The summed E-state index contributed by atoms with van der Waals surface area (Å²) < 4.78 is 33.6. The fraction of sp³-hybridized carbons (Fsp3) is 0. The molecule has 0 saturated carbocycles. The molecule has 3 aromatic rings. The first-order chi connectivity index (χ1) is 12.7. The van der Waals surface area contributed by atoms with E-state index in [0.29, 0.717) is 10.8 Å². The maximum absolute atomic E-state index is 12.4. The van der Waals surface area contributed by atoms with Gasteiger partial charge in [-0.05, 0) is 29.7 Å². The molecule has 0 aromatic heterocycles. The Kier molecular flexibility index (Phi) is 7.21. The van der Waals surface area contributed by atoms with Gasteiger partial charge in [0.1, 0.15) is 10.1 Å². The van der Waals surface area contributed by atoms with Crippen LogP contribution in [0.4, 0.5) is 11.4 Å². The summed E-state index contributed by atoms with van der Waals surface area (Å²) in [7, 11) is -4.82. The average Bonchev–Trinajstić information content (AvgIpc) is 2.60. The van der Waals surface area contributed by atoms with Crippen LogP contribution in [0.2, 0.25) is 5.02 Å². The van der Waals surface area contributed by atoms with Gasteiger partial charge in [-0.15, -0.1) is 0 Å². The molecule has 0 fully saturated rings. The van der Waals surface area contributed by atoms with Crippen LogP contribution >= 0.6 is 11.6 Å². The molecule has 3 rings (SSSR count). The van der Waals surface area contributed by atoms with Crippen molar-refractivity contribution < 1.29 is 28.0 Å². The number of aromatic carboxylic acids is 1. The summed E-state index contributed by atoms with van der Waals surface area (Å²) in [5.74, 6) is -2.25. The third-order valence-electron chi connectivity index (χ3n) is 3.66. The zero-order valence-corrected chi connectivity index (χ0v) is 19.0. The molecule has 0 heterocycles. The van der Waals surface area contributed by atoms with Crippen LogP contribution in [0.3, 0.4) is 0 Å². The summed E-state index contributed by atoms with van der Waals surface area (Å²) >= 11 is 5.69. The maximum Gasteiger partial charge on any atom is 0.335 e. The van der Waals surface area contributed by atoms with Gasteiger partial charge in [0.25, 0.3) is 0 Å². The second-order valence-corrected chi connectivity index (χ2v) is 7.15. The fourth-order valence-electron chi connectivity index (χ4n) is 2.42. The second-order valence-electron chi connectivity index (χ2n) is 5.40. The fourth-order valence-corrected chi connectivity index (χ4v) is 3.39. The molecule has 0 aliphatic carbocycles. The zero-order valence-electron chi connectivity index (χ0n) is 14.0. The van der Waals surface area contributed by atoms with E-state index in [1.54, 1.807) is 24.3 Å². The number of hydrogen-bond acceptors (Lipinski definition) is 7. The minimum absolute atomic E-state index is 0. The number of nitrogens with zero attached hydrogens (tertiary/aromatic N) is 2. The molecule has 3 aromatic carbocycles. The van der Waals surface area contributed by atoms with E-state index in [-0.39, 0.29) is 61.9 Å². The Labute approximate surface area is 201 Å². The third kappa shape index (κ3) is 4.71. The Balaban J connectivity index is 0.00000280. The van der Waals surface area contributed by atoms with Gasteiger partial charge in [0.15, 0.2) is 0 Å². The monoisotopic (exact) mass is 492 g/mol. The van der Waals surface area contributed by atoms with E-state index < -0.39 is 32.3 Å². The van der Waals surface area contributed by atoms with Gasteiger partial charge in [-0.3, -0.25) is 0 Å². The summed E-state index contributed by atoms with van der Waals surface area (Å²) in [4.78, 5) is 10.6. The smallest absolute Gasteiger partial charge is 0.335 e. The van der Waals surface area contributed by atoms with Gasteiger partial charge in [-0.2, -0.15) is 10.2 Å². The van der Waals surface area contributed by atoms with Crippen molar-refractivity contribution in [3.8, 4) is 5.75 Å². The van der Waals surface area contributed by atoms with Crippen LogP contribution in [0, 0.1) is 0 Å². The molecule has 140 valence electrons. The Morgan fingerprint density at radius 3 is 2.39 bits per heavy atom. The molecular weight excluding hydrogens is 483 g/mol. The number of fused-ring (bicyclic) bond motifs is 1. The molecule has 0 bridgehead atoms. The van der Waals surface area contributed by atoms with Gasteiger partial charge in [0, 0.05) is 50.9 Å². The molecule has 8 nitrogen and oxygen atoms in total. The first-order valence-corrected chi connectivity index (χ1v) is 9.10. The van der Waals surface area contributed by atoms with Gasteiger partial charge >= 0.3 is 5.97 Å². The molecule has 0 spiro atoms. The SMILES string of the molecule is O=C(O)c1cc2ccccc2c(N=Nc2ccc(Cl)c(S(=O)(=O)[O-])c2)c1[O-].[Sr]. The van der Waals surface area contributed by atoms with Crippen molar-refractivity contribution in [2.75, 3.05) is 0 Å². The summed E-state index contributed by atoms with van der Waals surface area (Å²) in [5, 5.41) is 29.8.